The van der Waals surface area contributed by atoms with Gasteiger partial charge in [0, 0.05) is 17.3 Å². The first-order chi connectivity index (χ1) is 7.33. The molecular weight excluding hydrogens is 186 g/mol. The van der Waals surface area contributed by atoms with Gasteiger partial charge in [-0.15, -0.1) is 0 Å². The molecule has 2 aliphatic rings. The first-order valence-electron chi connectivity index (χ1n) is 5.79. The van der Waals surface area contributed by atoms with Gasteiger partial charge in [-0.05, 0) is 44.2 Å². The number of hydrogen-bond acceptors (Lipinski definition) is 3. The fourth-order valence-corrected chi connectivity index (χ4v) is 2.94. The highest BCUT2D eigenvalue weighted by molar-refractivity contribution is 5.45. The summed E-state index contributed by atoms with van der Waals surface area (Å²) in [5.41, 5.74) is 7.38. The third-order valence-corrected chi connectivity index (χ3v) is 3.78. The molecule has 1 aromatic rings. The summed E-state index contributed by atoms with van der Waals surface area (Å²) in [6, 6.07) is 4.13. The molecule has 0 spiro atoms. The Hall–Kier alpha value is -1.09. The number of anilines is 1. The van der Waals surface area contributed by atoms with Gasteiger partial charge in [-0.25, -0.2) is 4.98 Å². The van der Waals surface area contributed by atoms with E-state index in [4.69, 9.17) is 5.73 Å². The molecule has 0 aromatic carbocycles. The van der Waals surface area contributed by atoms with Crippen molar-refractivity contribution in [1.82, 2.24) is 10.3 Å². The van der Waals surface area contributed by atoms with Gasteiger partial charge >= 0.3 is 0 Å². The molecule has 0 amide bonds. The summed E-state index contributed by atoms with van der Waals surface area (Å²) in [5.74, 6) is 1.49. The first-order valence-corrected chi connectivity index (χ1v) is 5.79. The molecular formula is C12H17N3. The molecule has 1 aromatic heterocycles. The Morgan fingerprint density at radius 1 is 1.47 bits per heavy atom. The average molecular weight is 203 g/mol. The number of pyridine rings is 1. The average Bonchev–Trinajstić information content (AvgIpc) is 3.00. The number of hydrogen-bond donors (Lipinski definition) is 2. The van der Waals surface area contributed by atoms with Gasteiger partial charge in [-0.3, -0.25) is 0 Å². The lowest BCUT2D eigenvalue weighted by atomic mass is 9.84. The molecule has 1 aliphatic carbocycles. The van der Waals surface area contributed by atoms with E-state index in [1.54, 1.807) is 6.20 Å². The predicted octanol–water partition coefficient (Wildman–Crippen LogP) is 1.65. The van der Waals surface area contributed by atoms with E-state index < -0.39 is 0 Å². The van der Waals surface area contributed by atoms with Crippen LogP contribution in [0.15, 0.2) is 18.3 Å². The Labute approximate surface area is 90.1 Å². The lowest BCUT2D eigenvalue weighted by Crippen LogP contribution is -2.39. The summed E-state index contributed by atoms with van der Waals surface area (Å²) in [6.07, 6.45) is 6.91. The van der Waals surface area contributed by atoms with Crippen molar-refractivity contribution in [2.75, 3.05) is 12.3 Å². The Morgan fingerprint density at radius 2 is 2.33 bits per heavy atom. The molecule has 3 nitrogen and oxygen atoms in total. The summed E-state index contributed by atoms with van der Waals surface area (Å²) in [4.78, 5) is 4.22. The summed E-state index contributed by atoms with van der Waals surface area (Å²) in [7, 11) is 0. The maximum absolute atomic E-state index is 6.00. The maximum Gasteiger partial charge on any atom is 0.128 e. The van der Waals surface area contributed by atoms with Crippen molar-refractivity contribution in [2.24, 2.45) is 5.92 Å². The molecule has 1 atom stereocenters. The summed E-state index contributed by atoms with van der Waals surface area (Å²) in [5, 5.41) is 3.67. The highest BCUT2D eigenvalue weighted by Gasteiger charge is 2.48. The molecule has 0 bridgehead atoms. The number of nitrogens with one attached hydrogen (secondary N) is 1. The molecule has 1 aliphatic heterocycles. The Bertz CT molecular complexity index is 365. The van der Waals surface area contributed by atoms with Gasteiger partial charge < -0.3 is 11.1 Å². The Balaban J connectivity index is 2.05. The van der Waals surface area contributed by atoms with Crippen molar-refractivity contribution in [3.63, 3.8) is 0 Å². The quantitative estimate of drug-likeness (QED) is 0.768. The van der Waals surface area contributed by atoms with Gasteiger partial charge in [-0.2, -0.15) is 0 Å². The van der Waals surface area contributed by atoms with Crippen LogP contribution in [0, 0.1) is 5.92 Å². The monoisotopic (exact) mass is 203 g/mol. The van der Waals surface area contributed by atoms with Crippen molar-refractivity contribution in [2.45, 2.75) is 31.2 Å². The van der Waals surface area contributed by atoms with E-state index in [-0.39, 0.29) is 5.54 Å². The number of nitrogen functional groups attached to an aromatic ring is 1. The fourth-order valence-electron chi connectivity index (χ4n) is 2.94. The molecule has 2 heterocycles. The molecule has 2 fully saturated rings. The van der Waals surface area contributed by atoms with Crippen molar-refractivity contribution in [3.8, 4) is 0 Å². The minimum atomic E-state index is 0.151. The number of nitrogens with zero attached hydrogens (tertiary/aromatic N) is 1. The summed E-state index contributed by atoms with van der Waals surface area (Å²) in [6.45, 7) is 1.12. The molecule has 1 unspecified atom stereocenters. The zero-order chi connectivity index (χ0) is 10.3. The smallest absolute Gasteiger partial charge is 0.128 e. The van der Waals surface area contributed by atoms with Gasteiger partial charge in [-0.1, -0.05) is 6.07 Å². The third-order valence-electron chi connectivity index (χ3n) is 3.78. The molecule has 1 saturated heterocycles. The topological polar surface area (TPSA) is 50.9 Å². The van der Waals surface area contributed by atoms with E-state index in [9.17, 15) is 0 Å². The van der Waals surface area contributed by atoms with Gasteiger partial charge in [0.25, 0.3) is 0 Å². The first kappa shape index (κ1) is 9.16. The van der Waals surface area contributed by atoms with Crippen LogP contribution in [0.25, 0.3) is 0 Å². The van der Waals surface area contributed by atoms with Crippen LogP contribution in [0.1, 0.15) is 31.2 Å². The zero-order valence-corrected chi connectivity index (χ0v) is 8.87. The number of aromatic nitrogens is 1. The summed E-state index contributed by atoms with van der Waals surface area (Å²) < 4.78 is 0. The Morgan fingerprint density at radius 3 is 2.93 bits per heavy atom. The largest absolute Gasteiger partial charge is 0.383 e. The van der Waals surface area contributed by atoms with Crippen LogP contribution in [0.2, 0.25) is 0 Å². The van der Waals surface area contributed by atoms with Crippen molar-refractivity contribution >= 4 is 5.82 Å². The predicted molar refractivity (Wildman–Crippen MR) is 60.3 cm³/mol. The van der Waals surface area contributed by atoms with E-state index in [1.165, 1.54) is 31.2 Å². The minimum Gasteiger partial charge on any atom is -0.383 e. The molecule has 1 saturated carbocycles. The highest BCUT2D eigenvalue weighted by atomic mass is 15.0. The van der Waals surface area contributed by atoms with Crippen molar-refractivity contribution in [3.05, 3.63) is 23.9 Å². The molecule has 3 N–H and O–H groups in total. The SMILES string of the molecule is Nc1ncccc1C1(C2CC2)CCCN1. The van der Waals surface area contributed by atoms with Gasteiger partial charge in [0.15, 0.2) is 0 Å². The van der Waals surface area contributed by atoms with E-state index >= 15 is 0 Å². The van der Waals surface area contributed by atoms with E-state index in [0.29, 0.717) is 5.82 Å². The normalized spacial score (nSPS) is 30.7. The summed E-state index contributed by atoms with van der Waals surface area (Å²) >= 11 is 0. The molecule has 0 radical (unpaired) electrons. The van der Waals surface area contributed by atoms with E-state index in [2.05, 4.69) is 16.4 Å². The van der Waals surface area contributed by atoms with Crippen LogP contribution in [0.5, 0.6) is 0 Å². The van der Waals surface area contributed by atoms with E-state index in [1.807, 2.05) is 6.07 Å². The Kier molecular flexibility index (Phi) is 1.96. The van der Waals surface area contributed by atoms with Crippen LogP contribution in [0.4, 0.5) is 5.82 Å². The zero-order valence-electron chi connectivity index (χ0n) is 8.87. The maximum atomic E-state index is 6.00. The van der Waals surface area contributed by atoms with E-state index in [0.717, 1.165) is 12.5 Å². The highest BCUT2D eigenvalue weighted by Crippen LogP contribution is 2.51. The number of rotatable bonds is 2. The second kappa shape index (κ2) is 3.20. The van der Waals surface area contributed by atoms with Gasteiger partial charge in [0.1, 0.15) is 5.82 Å². The van der Waals surface area contributed by atoms with Crippen LogP contribution in [0.3, 0.4) is 0 Å². The third kappa shape index (κ3) is 1.34. The molecule has 3 rings (SSSR count). The standard InChI is InChI=1S/C12H17N3/c13-11-10(3-1-7-14-11)12(9-4-5-9)6-2-8-15-12/h1,3,7,9,15H,2,4-6,8H2,(H2,13,14). The minimum absolute atomic E-state index is 0.151. The van der Waals surface area contributed by atoms with Crippen LogP contribution >= 0.6 is 0 Å². The van der Waals surface area contributed by atoms with Crippen LogP contribution in [-0.4, -0.2) is 11.5 Å². The van der Waals surface area contributed by atoms with Crippen LogP contribution < -0.4 is 11.1 Å². The van der Waals surface area contributed by atoms with Crippen LogP contribution in [-0.2, 0) is 5.54 Å². The number of nitrogens with two attached hydrogens (primary N) is 1. The van der Waals surface area contributed by atoms with Crippen molar-refractivity contribution in [1.29, 1.82) is 0 Å². The second-order valence-corrected chi connectivity index (χ2v) is 4.71. The molecule has 80 valence electrons. The lowest BCUT2D eigenvalue weighted by molar-refractivity contribution is 0.337. The molecule has 3 heteroatoms. The van der Waals surface area contributed by atoms with Gasteiger partial charge in [0.2, 0.25) is 0 Å². The van der Waals surface area contributed by atoms with Gasteiger partial charge in [0.05, 0.1) is 0 Å². The lowest BCUT2D eigenvalue weighted by Gasteiger charge is -2.31. The second-order valence-electron chi connectivity index (χ2n) is 4.71. The molecule has 15 heavy (non-hydrogen) atoms. The van der Waals surface area contributed by atoms with Crippen molar-refractivity contribution < 1.29 is 0 Å². The fraction of sp³-hybridized carbons (Fsp3) is 0.583.